The third-order valence-electron chi connectivity index (χ3n) is 5.33. The monoisotopic (exact) mass is 271 g/mol. The first kappa shape index (κ1) is 11.9. The summed E-state index contributed by atoms with van der Waals surface area (Å²) in [6.07, 6.45) is 1.92. The molecule has 4 heteroatoms. The molecule has 2 saturated carbocycles. The number of nitrogens with zero attached hydrogens (tertiary/aromatic N) is 1. The first-order valence-corrected chi connectivity index (χ1v) is 7.18. The van der Waals surface area contributed by atoms with Gasteiger partial charge in [0, 0.05) is 11.7 Å². The molecular weight excluding hydrogens is 254 g/mol. The zero-order valence-corrected chi connectivity index (χ0v) is 11.4. The van der Waals surface area contributed by atoms with Crippen LogP contribution in [0.3, 0.4) is 0 Å². The molecule has 1 aromatic rings. The number of benzene rings is 1. The number of carbonyl (C=O) groups excluding carboxylic acids is 2. The SMILES string of the molecule is COC(=O)[C@H]1[C@@H]2C[C@@H]3[C@H]1C(=O)N(c1ccccc1)[C@@H]3C2. The number of carbonyl (C=O) groups is 2. The van der Waals surface area contributed by atoms with Crippen molar-refractivity contribution in [2.75, 3.05) is 12.0 Å². The Labute approximate surface area is 117 Å². The lowest BCUT2D eigenvalue weighted by Crippen LogP contribution is -2.33. The summed E-state index contributed by atoms with van der Waals surface area (Å²) in [6.45, 7) is 0. The molecule has 0 unspecified atom stereocenters. The van der Waals surface area contributed by atoms with Gasteiger partial charge in [0.05, 0.1) is 18.9 Å². The van der Waals surface area contributed by atoms with Crippen LogP contribution in [0.4, 0.5) is 5.69 Å². The van der Waals surface area contributed by atoms with Crippen molar-refractivity contribution in [3.8, 4) is 0 Å². The molecule has 4 nitrogen and oxygen atoms in total. The molecule has 0 spiro atoms. The first-order chi connectivity index (χ1) is 9.72. The minimum atomic E-state index is -0.220. The van der Waals surface area contributed by atoms with Gasteiger partial charge >= 0.3 is 5.97 Å². The van der Waals surface area contributed by atoms with Crippen molar-refractivity contribution in [1.82, 2.24) is 0 Å². The second-order valence-corrected chi connectivity index (χ2v) is 6.08. The average molecular weight is 271 g/mol. The number of methoxy groups -OCH3 is 1. The van der Waals surface area contributed by atoms with Crippen molar-refractivity contribution in [3.05, 3.63) is 30.3 Å². The molecule has 0 aromatic heterocycles. The predicted octanol–water partition coefficient (Wildman–Crippen LogP) is 1.85. The van der Waals surface area contributed by atoms with E-state index in [9.17, 15) is 9.59 Å². The second kappa shape index (κ2) is 4.08. The van der Waals surface area contributed by atoms with Crippen molar-refractivity contribution in [2.24, 2.45) is 23.7 Å². The molecule has 5 atom stereocenters. The number of ether oxygens (including phenoxy) is 1. The number of amides is 1. The maximum atomic E-state index is 12.8. The Morgan fingerprint density at radius 1 is 1.25 bits per heavy atom. The third kappa shape index (κ3) is 1.37. The largest absolute Gasteiger partial charge is 0.469 e. The average Bonchev–Trinajstić information content (AvgIpc) is 3.09. The van der Waals surface area contributed by atoms with Gasteiger partial charge in [0.1, 0.15) is 0 Å². The number of fused-ring (bicyclic) bond motifs is 1. The quantitative estimate of drug-likeness (QED) is 0.771. The van der Waals surface area contributed by atoms with Gasteiger partial charge in [0.2, 0.25) is 5.91 Å². The Hall–Kier alpha value is -1.84. The lowest BCUT2D eigenvalue weighted by Gasteiger charge is -2.26. The first-order valence-electron chi connectivity index (χ1n) is 7.18. The van der Waals surface area contributed by atoms with E-state index in [0.29, 0.717) is 11.8 Å². The Kier molecular flexibility index (Phi) is 2.43. The smallest absolute Gasteiger partial charge is 0.309 e. The highest BCUT2D eigenvalue weighted by Crippen LogP contribution is 2.59. The molecule has 1 heterocycles. The van der Waals surface area contributed by atoms with Crippen molar-refractivity contribution in [3.63, 3.8) is 0 Å². The van der Waals surface area contributed by atoms with Crippen molar-refractivity contribution >= 4 is 17.6 Å². The minimum Gasteiger partial charge on any atom is -0.469 e. The molecule has 1 saturated heterocycles. The normalized spacial score (nSPS) is 37.5. The van der Waals surface area contributed by atoms with Crippen molar-refractivity contribution < 1.29 is 14.3 Å². The number of rotatable bonds is 2. The summed E-state index contributed by atoms with van der Waals surface area (Å²) in [5.74, 6) is 0.177. The van der Waals surface area contributed by atoms with E-state index in [4.69, 9.17) is 4.74 Å². The summed E-state index contributed by atoms with van der Waals surface area (Å²) in [7, 11) is 1.42. The molecule has 3 aliphatic rings. The number of para-hydroxylation sites is 1. The van der Waals surface area contributed by atoms with Crippen LogP contribution in [0, 0.1) is 23.7 Å². The zero-order chi connectivity index (χ0) is 13.9. The van der Waals surface area contributed by atoms with Gasteiger partial charge in [-0.25, -0.2) is 0 Å². The van der Waals surface area contributed by atoms with Crippen LogP contribution in [-0.4, -0.2) is 25.0 Å². The number of esters is 1. The molecule has 20 heavy (non-hydrogen) atoms. The van der Waals surface area contributed by atoms with Crippen LogP contribution in [0.2, 0.25) is 0 Å². The number of hydrogen-bond donors (Lipinski definition) is 0. The molecule has 2 bridgehead atoms. The molecule has 1 aliphatic heterocycles. The van der Waals surface area contributed by atoms with Crippen LogP contribution >= 0.6 is 0 Å². The maximum Gasteiger partial charge on any atom is 0.309 e. The van der Waals surface area contributed by atoms with Gasteiger partial charge in [-0.05, 0) is 36.8 Å². The Morgan fingerprint density at radius 3 is 2.70 bits per heavy atom. The summed E-state index contributed by atoms with van der Waals surface area (Å²) in [6, 6.07) is 10.1. The maximum absolute atomic E-state index is 12.8. The standard InChI is InChI=1S/C16H17NO3/c1-20-16(19)13-9-7-11-12(8-9)17(15(18)14(11)13)10-5-3-2-4-6-10/h2-6,9,11-14H,7-8H2,1H3/t9-,11+,12-,13+,14-/m1/s1. The molecule has 1 amide bonds. The highest BCUT2D eigenvalue weighted by molar-refractivity contribution is 6.01. The van der Waals surface area contributed by atoms with Gasteiger partial charge in [0.25, 0.3) is 0 Å². The molecule has 104 valence electrons. The van der Waals surface area contributed by atoms with Crippen LogP contribution < -0.4 is 4.90 Å². The molecule has 4 rings (SSSR count). The van der Waals surface area contributed by atoms with E-state index in [-0.39, 0.29) is 29.8 Å². The van der Waals surface area contributed by atoms with Crippen LogP contribution in [-0.2, 0) is 14.3 Å². The fourth-order valence-electron chi connectivity index (χ4n) is 4.67. The van der Waals surface area contributed by atoms with Crippen LogP contribution in [0.25, 0.3) is 0 Å². The van der Waals surface area contributed by atoms with Crippen LogP contribution in [0.5, 0.6) is 0 Å². The lowest BCUT2D eigenvalue weighted by molar-refractivity contribution is -0.150. The van der Waals surface area contributed by atoms with Crippen LogP contribution in [0.1, 0.15) is 12.8 Å². The van der Waals surface area contributed by atoms with E-state index in [1.54, 1.807) is 0 Å². The van der Waals surface area contributed by atoms with E-state index in [1.165, 1.54) is 7.11 Å². The van der Waals surface area contributed by atoms with E-state index in [1.807, 2.05) is 35.2 Å². The van der Waals surface area contributed by atoms with Crippen LogP contribution in [0.15, 0.2) is 30.3 Å². The van der Waals surface area contributed by atoms with E-state index >= 15 is 0 Å². The van der Waals surface area contributed by atoms with Gasteiger partial charge in [-0.2, -0.15) is 0 Å². The van der Waals surface area contributed by atoms with Gasteiger partial charge < -0.3 is 9.64 Å². The molecule has 2 aliphatic carbocycles. The highest BCUT2D eigenvalue weighted by Gasteiger charge is 2.65. The Bertz CT molecular complexity index is 570. The van der Waals surface area contributed by atoms with Crippen molar-refractivity contribution in [2.45, 2.75) is 18.9 Å². The van der Waals surface area contributed by atoms with Gasteiger partial charge in [-0.15, -0.1) is 0 Å². The molecular formula is C16H17NO3. The van der Waals surface area contributed by atoms with E-state index in [2.05, 4.69) is 0 Å². The highest BCUT2D eigenvalue weighted by atomic mass is 16.5. The predicted molar refractivity (Wildman–Crippen MR) is 72.9 cm³/mol. The summed E-state index contributed by atoms with van der Waals surface area (Å²) in [5.41, 5.74) is 0.959. The zero-order valence-electron chi connectivity index (χ0n) is 11.4. The topological polar surface area (TPSA) is 46.6 Å². The number of anilines is 1. The third-order valence-corrected chi connectivity index (χ3v) is 5.33. The Morgan fingerprint density at radius 2 is 2.00 bits per heavy atom. The minimum absolute atomic E-state index is 0.113. The van der Waals surface area contributed by atoms with Gasteiger partial charge in [-0.3, -0.25) is 9.59 Å². The van der Waals surface area contributed by atoms with E-state index < -0.39 is 0 Å². The van der Waals surface area contributed by atoms with Crippen molar-refractivity contribution in [1.29, 1.82) is 0 Å². The number of hydrogen-bond acceptors (Lipinski definition) is 3. The summed E-state index contributed by atoms with van der Waals surface area (Å²) in [5, 5.41) is 0. The summed E-state index contributed by atoms with van der Waals surface area (Å²) < 4.78 is 4.92. The summed E-state index contributed by atoms with van der Waals surface area (Å²) >= 11 is 0. The lowest BCUT2D eigenvalue weighted by atomic mass is 9.80. The fourth-order valence-corrected chi connectivity index (χ4v) is 4.67. The second-order valence-electron chi connectivity index (χ2n) is 6.08. The molecule has 0 N–H and O–H groups in total. The summed E-state index contributed by atoms with van der Waals surface area (Å²) in [4.78, 5) is 26.7. The van der Waals surface area contributed by atoms with Gasteiger partial charge in [-0.1, -0.05) is 18.2 Å². The van der Waals surface area contributed by atoms with E-state index in [0.717, 1.165) is 18.5 Å². The molecule has 1 aromatic carbocycles. The Balaban J connectivity index is 1.72. The molecule has 3 fully saturated rings. The molecule has 0 radical (unpaired) electrons. The van der Waals surface area contributed by atoms with Gasteiger partial charge in [0.15, 0.2) is 0 Å². The fraction of sp³-hybridized carbons (Fsp3) is 0.500.